The zero-order chi connectivity index (χ0) is 13.3. The first-order chi connectivity index (χ1) is 8.39. The molecule has 2 atom stereocenters. The molecule has 1 aliphatic rings. The molecule has 2 rings (SSSR count). The molecule has 0 aliphatic carbocycles. The number of hydrogen-bond donors (Lipinski definition) is 2. The van der Waals surface area contributed by atoms with Gasteiger partial charge in [-0.15, -0.1) is 0 Å². The van der Waals surface area contributed by atoms with Crippen molar-refractivity contribution in [1.29, 1.82) is 0 Å². The molecule has 18 heavy (non-hydrogen) atoms. The first kappa shape index (κ1) is 13.3. The van der Waals surface area contributed by atoms with Crippen LogP contribution in [0.4, 0.5) is 5.69 Å². The highest BCUT2D eigenvalue weighted by atomic mass is 32.2. The topological polar surface area (TPSA) is 75.4 Å². The minimum absolute atomic E-state index is 0.200. The largest absolute Gasteiger partial charge is 0.365 e. The minimum Gasteiger partial charge on any atom is -0.365 e. The van der Waals surface area contributed by atoms with Crippen LogP contribution in [0.2, 0.25) is 0 Å². The molecule has 1 saturated heterocycles. The Labute approximate surface area is 108 Å². The Kier molecular flexibility index (Phi) is 3.61. The first-order valence-electron chi connectivity index (χ1n) is 6.01. The lowest BCUT2D eigenvalue weighted by atomic mass is 10.1. The molecular weight excluding hydrogens is 250 g/mol. The van der Waals surface area contributed by atoms with Crippen LogP contribution in [0.5, 0.6) is 0 Å². The van der Waals surface area contributed by atoms with E-state index < -0.39 is 10.0 Å². The van der Waals surface area contributed by atoms with E-state index in [1.807, 2.05) is 12.1 Å². The zero-order valence-corrected chi connectivity index (χ0v) is 11.4. The number of hydrogen-bond acceptors (Lipinski definition) is 4. The van der Waals surface area contributed by atoms with Crippen LogP contribution in [0.15, 0.2) is 29.2 Å². The molecule has 1 heterocycles. The van der Waals surface area contributed by atoms with E-state index in [1.165, 1.54) is 0 Å². The van der Waals surface area contributed by atoms with Gasteiger partial charge in [-0.3, -0.25) is 0 Å². The van der Waals surface area contributed by atoms with Gasteiger partial charge in [0.05, 0.1) is 5.69 Å². The van der Waals surface area contributed by atoms with Crippen molar-refractivity contribution in [1.82, 2.24) is 5.32 Å². The van der Waals surface area contributed by atoms with E-state index in [2.05, 4.69) is 24.1 Å². The fraction of sp³-hybridized carbons (Fsp3) is 0.500. The Hall–Kier alpha value is -1.11. The monoisotopic (exact) mass is 269 g/mol. The third-order valence-corrected chi connectivity index (χ3v) is 4.20. The number of nitrogens with one attached hydrogen (secondary N) is 1. The number of nitrogens with two attached hydrogens (primary N) is 1. The van der Waals surface area contributed by atoms with Gasteiger partial charge in [0.25, 0.3) is 0 Å². The van der Waals surface area contributed by atoms with E-state index in [-0.39, 0.29) is 10.9 Å². The number of anilines is 1. The van der Waals surface area contributed by atoms with E-state index in [0.717, 1.165) is 13.1 Å². The standard InChI is InChI=1S/C12H19N3O2S/c1-9-8-15(10(2)7-14-9)11-5-3-4-6-12(11)18(13,16)17/h3-6,9-10,14H,7-8H2,1-2H3,(H2,13,16,17). The van der Waals surface area contributed by atoms with Crippen LogP contribution in [0, 0.1) is 0 Å². The first-order valence-corrected chi connectivity index (χ1v) is 7.56. The van der Waals surface area contributed by atoms with Crippen molar-refractivity contribution in [2.24, 2.45) is 5.14 Å². The fourth-order valence-electron chi connectivity index (χ4n) is 2.29. The number of para-hydroxylation sites is 1. The smallest absolute Gasteiger partial charge is 0.240 e. The lowest BCUT2D eigenvalue weighted by molar-refractivity contribution is 0.423. The molecule has 0 radical (unpaired) electrons. The summed E-state index contributed by atoms with van der Waals surface area (Å²) in [6, 6.07) is 7.47. The Morgan fingerprint density at radius 2 is 2.00 bits per heavy atom. The average Bonchev–Trinajstić information content (AvgIpc) is 2.31. The highest BCUT2D eigenvalue weighted by Crippen LogP contribution is 2.27. The van der Waals surface area contributed by atoms with E-state index in [1.54, 1.807) is 12.1 Å². The molecule has 1 fully saturated rings. The Balaban J connectivity index is 2.44. The van der Waals surface area contributed by atoms with Gasteiger partial charge in [0, 0.05) is 25.2 Å². The van der Waals surface area contributed by atoms with Crippen LogP contribution in [0.3, 0.4) is 0 Å². The SMILES string of the molecule is CC1CN(c2ccccc2S(N)(=O)=O)C(C)CN1. The molecule has 6 heteroatoms. The van der Waals surface area contributed by atoms with Gasteiger partial charge in [0.15, 0.2) is 0 Å². The summed E-state index contributed by atoms with van der Waals surface area (Å²) < 4.78 is 23.2. The third-order valence-electron chi connectivity index (χ3n) is 3.25. The zero-order valence-electron chi connectivity index (χ0n) is 10.6. The van der Waals surface area contributed by atoms with Gasteiger partial charge in [0.2, 0.25) is 10.0 Å². The van der Waals surface area contributed by atoms with Crippen molar-refractivity contribution in [2.45, 2.75) is 30.8 Å². The van der Waals surface area contributed by atoms with E-state index in [0.29, 0.717) is 11.7 Å². The second-order valence-corrected chi connectivity index (χ2v) is 6.35. The van der Waals surface area contributed by atoms with Crippen molar-refractivity contribution in [3.8, 4) is 0 Å². The highest BCUT2D eigenvalue weighted by molar-refractivity contribution is 7.89. The maximum atomic E-state index is 11.6. The van der Waals surface area contributed by atoms with Gasteiger partial charge in [-0.2, -0.15) is 0 Å². The molecule has 0 saturated carbocycles. The molecule has 0 bridgehead atoms. The molecule has 2 unspecified atom stereocenters. The lowest BCUT2D eigenvalue weighted by Gasteiger charge is -2.39. The van der Waals surface area contributed by atoms with Crippen molar-refractivity contribution < 1.29 is 8.42 Å². The number of sulfonamides is 1. The summed E-state index contributed by atoms with van der Waals surface area (Å²) in [6.07, 6.45) is 0. The van der Waals surface area contributed by atoms with Crippen LogP contribution in [-0.2, 0) is 10.0 Å². The van der Waals surface area contributed by atoms with Crippen molar-refractivity contribution in [2.75, 3.05) is 18.0 Å². The molecular formula is C12H19N3O2S. The van der Waals surface area contributed by atoms with Crippen LogP contribution < -0.4 is 15.4 Å². The van der Waals surface area contributed by atoms with E-state index in [9.17, 15) is 8.42 Å². The summed E-state index contributed by atoms with van der Waals surface area (Å²) in [4.78, 5) is 2.30. The van der Waals surface area contributed by atoms with E-state index >= 15 is 0 Å². The van der Waals surface area contributed by atoms with Crippen LogP contribution >= 0.6 is 0 Å². The van der Waals surface area contributed by atoms with Gasteiger partial charge in [-0.1, -0.05) is 12.1 Å². The molecule has 0 aromatic heterocycles. The normalized spacial score (nSPS) is 25.2. The quantitative estimate of drug-likeness (QED) is 0.821. The highest BCUT2D eigenvalue weighted by Gasteiger charge is 2.26. The summed E-state index contributed by atoms with van der Waals surface area (Å²) in [7, 11) is -3.69. The van der Waals surface area contributed by atoms with Crippen molar-refractivity contribution in [3.05, 3.63) is 24.3 Å². The molecule has 5 nitrogen and oxygen atoms in total. The predicted molar refractivity (Wildman–Crippen MR) is 72.1 cm³/mol. The van der Waals surface area contributed by atoms with Gasteiger partial charge in [-0.05, 0) is 26.0 Å². The van der Waals surface area contributed by atoms with Crippen LogP contribution in [0.1, 0.15) is 13.8 Å². The van der Waals surface area contributed by atoms with Gasteiger partial charge >= 0.3 is 0 Å². The van der Waals surface area contributed by atoms with Crippen molar-refractivity contribution >= 4 is 15.7 Å². The Bertz CT molecular complexity index is 530. The predicted octanol–water partition coefficient (Wildman–Crippen LogP) is 0.521. The van der Waals surface area contributed by atoms with Gasteiger partial charge < -0.3 is 10.2 Å². The van der Waals surface area contributed by atoms with Crippen LogP contribution in [0.25, 0.3) is 0 Å². The summed E-state index contributed by atoms with van der Waals surface area (Å²) in [6.45, 7) is 5.76. The second kappa shape index (κ2) is 4.87. The maximum absolute atomic E-state index is 11.6. The maximum Gasteiger partial charge on any atom is 0.240 e. The Morgan fingerprint density at radius 1 is 1.33 bits per heavy atom. The molecule has 100 valence electrons. The fourth-order valence-corrected chi connectivity index (χ4v) is 3.04. The summed E-state index contributed by atoms with van der Waals surface area (Å²) >= 11 is 0. The lowest BCUT2D eigenvalue weighted by Crippen LogP contribution is -2.54. The molecule has 3 N–H and O–H groups in total. The molecule has 1 aromatic rings. The van der Waals surface area contributed by atoms with E-state index in [4.69, 9.17) is 5.14 Å². The third kappa shape index (κ3) is 2.66. The molecule has 1 aliphatic heterocycles. The molecule has 0 amide bonds. The summed E-state index contributed by atoms with van der Waals surface area (Å²) in [5.41, 5.74) is 0.695. The van der Waals surface area contributed by atoms with Gasteiger partial charge in [0.1, 0.15) is 4.90 Å². The number of primary sulfonamides is 1. The van der Waals surface area contributed by atoms with Gasteiger partial charge in [-0.25, -0.2) is 13.6 Å². The number of piperazine rings is 1. The Morgan fingerprint density at radius 3 is 2.67 bits per heavy atom. The molecule has 0 spiro atoms. The minimum atomic E-state index is -3.69. The molecule has 1 aromatic carbocycles. The van der Waals surface area contributed by atoms with Crippen molar-refractivity contribution in [3.63, 3.8) is 0 Å². The number of rotatable bonds is 2. The van der Waals surface area contributed by atoms with Crippen LogP contribution in [-0.4, -0.2) is 33.6 Å². The number of nitrogens with zero attached hydrogens (tertiary/aromatic N) is 1. The second-order valence-electron chi connectivity index (χ2n) is 4.82. The summed E-state index contributed by atoms with van der Waals surface area (Å²) in [5.74, 6) is 0. The number of benzene rings is 1. The summed E-state index contributed by atoms with van der Waals surface area (Å²) in [5, 5.41) is 8.64. The average molecular weight is 269 g/mol.